The van der Waals surface area contributed by atoms with Gasteiger partial charge in [0.15, 0.2) is 0 Å². The summed E-state index contributed by atoms with van der Waals surface area (Å²) in [6, 6.07) is 7.33. The molecular formula is C7H6N3O. The molecule has 0 fully saturated rings. The SMILES string of the molecule is ON1N=N[CH]c2ccccc21. The van der Waals surface area contributed by atoms with Crippen LogP contribution in [0.2, 0.25) is 0 Å². The van der Waals surface area contributed by atoms with Crippen LogP contribution in [0, 0.1) is 6.54 Å². The first-order chi connectivity index (χ1) is 5.38. The van der Waals surface area contributed by atoms with E-state index < -0.39 is 0 Å². The number of benzene rings is 1. The van der Waals surface area contributed by atoms with E-state index in [2.05, 4.69) is 10.3 Å². The maximum Gasteiger partial charge on any atom is 0.129 e. The third-order valence-corrected chi connectivity index (χ3v) is 1.49. The Morgan fingerprint density at radius 2 is 2.09 bits per heavy atom. The third-order valence-electron chi connectivity index (χ3n) is 1.49. The molecule has 0 saturated heterocycles. The smallest absolute Gasteiger partial charge is 0.129 e. The van der Waals surface area contributed by atoms with E-state index in [1.807, 2.05) is 18.2 Å². The zero-order valence-corrected chi connectivity index (χ0v) is 5.68. The molecule has 0 aliphatic carbocycles. The van der Waals surface area contributed by atoms with E-state index >= 15 is 0 Å². The number of hydrogen-bond acceptors (Lipinski definition) is 4. The molecular weight excluding hydrogens is 142 g/mol. The fraction of sp³-hybridized carbons (Fsp3) is 0. The minimum absolute atomic E-state index is 0.655. The Balaban J connectivity index is 2.50. The molecule has 4 heteroatoms. The van der Waals surface area contributed by atoms with Gasteiger partial charge in [-0.1, -0.05) is 18.2 Å². The van der Waals surface area contributed by atoms with Crippen LogP contribution in [0.3, 0.4) is 0 Å². The van der Waals surface area contributed by atoms with Crippen molar-refractivity contribution in [1.29, 1.82) is 0 Å². The molecule has 0 saturated carbocycles. The average Bonchev–Trinajstić information content (AvgIpc) is 2.06. The van der Waals surface area contributed by atoms with Gasteiger partial charge < -0.3 is 0 Å². The molecule has 0 amide bonds. The van der Waals surface area contributed by atoms with Gasteiger partial charge in [-0.15, -0.1) is 5.17 Å². The normalized spacial score (nSPS) is 14.8. The van der Waals surface area contributed by atoms with E-state index in [0.29, 0.717) is 5.69 Å². The molecule has 0 spiro atoms. The third kappa shape index (κ3) is 0.969. The zero-order valence-electron chi connectivity index (χ0n) is 5.68. The molecule has 1 radical (unpaired) electrons. The maximum absolute atomic E-state index is 9.11. The van der Waals surface area contributed by atoms with Gasteiger partial charge in [-0.05, 0) is 11.3 Å². The number of rotatable bonds is 0. The van der Waals surface area contributed by atoms with Gasteiger partial charge in [0.05, 0.1) is 5.69 Å². The fourth-order valence-corrected chi connectivity index (χ4v) is 0.964. The van der Waals surface area contributed by atoms with Crippen LogP contribution in [0.1, 0.15) is 5.56 Å². The van der Waals surface area contributed by atoms with Gasteiger partial charge in [0.1, 0.15) is 6.54 Å². The Hall–Kier alpha value is -1.42. The molecule has 1 aromatic rings. The molecule has 55 valence electrons. The van der Waals surface area contributed by atoms with E-state index in [1.165, 1.54) is 0 Å². The van der Waals surface area contributed by atoms with Gasteiger partial charge in [0, 0.05) is 5.56 Å². The molecule has 1 heterocycles. The Bertz CT molecular complexity index is 297. The van der Waals surface area contributed by atoms with Crippen LogP contribution < -0.4 is 5.17 Å². The Labute approximate surface area is 63.7 Å². The highest BCUT2D eigenvalue weighted by molar-refractivity contribution is 5.54. The van der Waals surface area contributed by atoms with Crippen LogP contribution in [0.25, 0.3) is 0 Å². The highest BCUT2D eigenvalue weighted by Gasteiger charge is 2.11. The summed E-state index contributed by atoms with van der Waals surface area (Å²) >= 11 is 0. The Kier molecular flexibility index (Phi) is 1.33. The minimum Gasteiger partial charge on any atom is -0.266 e. The standard InChI is InChI=1S/C7H6N3O/c11-10-7-4-2-1-3-6(7)5-8-9-10/h1-5,11H. The highest BCUT2D eigenvalue weighted by atomic mass is 16.5. The second-order valence-electron chi connectivity index (χ2n) is 2.18. The van der Waals surface area contributed by atoms with Crippen molar-refractivity contribution in [2.75, 3.05) is 5.17 Å². The topological polar surface area (TPSA) is 48.2 Å². The molecule has 11 heavy (non-hydrogen) atoms. The van der Waals surface area contributed by atoms with Gasteiger partial charge in [-0.2, -0.15) is 5.11 Å². The number of fused-ring (bicyclic) bond motifs is 1. The van der Waals surface area contributed by atoms with Crippen molar-refractivity contribution in [3.05, 3.63) is 36.4 Å². The minimum atomic E-state index is 0.655. The lowest BCUT2D eigenvalue weighted by atomic mass is 10.2. The van der Waals surface area contributed by atoms with Gasteiger partial charge in [0.2, 0.25) is 0 Å². The van der Waals surface area contributed by atoms with Crippen LogP contribution >= 0.6 is 0 Å². The predicted octanol–water partition coefficient (Wildman–Crippen LogP) is 1.77. The molecule has 0 unspecified atom stereocenters. The number of anilines is 1. The second-order valence-corrected chi connectivity index (χ2v) is 2.18. The predicted molar refractivity (Wildman–Crippen MR) is 39.0 cm³/mol. The molecule has 1 aromatic carbocycles. The lowest BCUT2D eigenvalue weighted by Crippen LogP contribution is -2.13. The fourth-order valence-electron chi connectivity index (χ4n) is 0.964. The lowest BCUT2D eigenvalue weighted by molar-refractivity contribution is 0.248. The van der Waals surface area contributed by atoms with Crippen molar-refractivity contribution in [2.45, 2.75) is 0 Å². The summed E-state index contributed by atoms with van der Waals surface area (Å²) in [5, 5.41) is 16.9. The molecule has 1 aliphatic rings. The molecule has 4 nitrogen and oxygen atoms in total. The molecule has 0 bridgehead atoms. The van der Waals surface area contributed by atoms with E-state index in [-0.39, 0.29) is 0 Å². The van der Waals surface area contributed by atoms with Gasteiger partial charge >= 0.3 is 0 Å². The van der Waals surface area contributed by atoms with Crippen LogP contribution in [0.5, 0.6) is 0 Å². The van der Waals surface area contributed by atoms with Crippen LogP contribution in [-0.2, 0) is 0 Å². The monoisotopic (exact) mass is 148 g/mol. The average molecular weight is 148 g/mol. The molecule has 1 N–H and O–H groups in total. The largest absolute Gasteiger partial charge is 0.266 e. The van der Waals surface area contributed by atoms with Crippen molar-refractivity contribution in [3.8, 4) is 0 Å². The lowest BCUT2D eigenvalue weighted by Gasteiger charge is -2.15. The first kappa shape index (κ1) is 6.30. The summed E-state index contributed by atoms with van der Waals surface area (Å²) in [5.41, 5.74) is 1.52. The summed E-state index contributed by atoms with van der Waals surface area (Å²) in [5.74, 6) is 0. The number of hydrogen-bond donors (Lipinski definition) is 1. The van der Waals surface area contributed by atoms with Crippen molar-refractivity contribution >= 4 is 5.69 Å². The van der Waals surface area contributed by atoms with E-state index in [9.17, 15) is 0 Å². The first-order valence-corrected chi connectivity index (χ1v) is 3.20. The highest BCUT2D eigenvalue weighted by Crippen LogP contribution is 2.24. The zero-order chi connectivity index (χ0) is 7.68. The van der Waals surface area contributed by atoms with Crippen LogP contribution in [-0.4, -0.2) is 5.21 Å². The summed E-state index contributed by atoms with van der Waals surface area (Å²) in [6.07, 6.45) is 0. The number of nitrogens with zero attached hydrogens (tertiary/aromatic N) is 3. The van der Waals surface area contributed by atoms with E-state index in [0.717, 1.165) is 10.7 Å². The van der Waals surface area contributed by atoms with Crippen LogP contribution in [0.15, 0.2) is 34.6 Å². The summed E-state index contributed by atoms with van der Waals surface area (Å²) < 4.78 is 0. The Morgan fingerprint density at radius 3 is 2.91 bits per heavy atom. The number of para-hydroxylation sites is 1. The van der Waals surface area contributed by atoms with Gasteiger partial charge in [-0.3, -0.25) is 5.21 Å². The van der Waals surface area contributed by atoms with E-state index in [4.69, 9.17) is 5.21 Å². The molecule has 0 atom stereocenters. The maximum atomic E-state index is 9.11. The van der Waals surface area contributed by atoms with Gasteiger partial charge in [-0.25, -0.2) is 0 Å². The first-order valence-electron chi connectivity index (χ1n) is 3.20. The molecule has 0 aromatic heterocycles. The second kappa shape index (κ2) is 2.32. The Morgan fingerprint density at radius 1 is 1.27 bits per heavy atom. The van der Waals surface area contributed by atoms with E-state index in [1.54, 1.807) is 12.6 Å². The summed E-state index contributed by atoms with van der Waals surface area (Å²) in [4.78, 5) is 0. The quantitative estimate of drug-likeness (QED) is 0.609. The van der Waals surface area contributed by atoms with Crippen molar-refractivity contribution in [3.63, 3.8) is 0 Å². The molecule has 2 rings (SSSR count). The van der Waals surface area contributed by atoms with Crippen molar-refractivity contribution in [1.82, 2.24) is 0 Å². The van der Waals surface area contributed by atoms with Crippen molar-refractivity contribution in [2.24, 2.45) is 10.3 Å². The molecule has 1 aliphatic heterocycles. The van der Waals surface area contributed by atoms with Crippen molar-refractivity contribution < 1.29 is 5.21 Å². The van der Waals surface area contributed by atoms with Crippen LogP contribution in [0.4, 0.5) is 5.69 Å². The summed E-state index contributed by atoms with van der Waals surface area (Å²) in [6.45, 7) is 1.60. The van der Waals surface area contributed by atoms with Gasteiger partial charge in [0.25, 0.3) is 0 Å². The summed E-state index contributed by atoms with van der Waals surface area (Å²) in [7, 11) is 0.